The summed E-state index contributed by atoms with van der Waals surface area (Å²) in [5.41, 5.74) is 3.69. The fraction of sp³-hybridized carbons (Fsp3) is 0.350. The van der Waals surface area contributed by atoms with Gasteiger partial charge in [-0.05, 0) is 48.1 Å². The third-order valence-corrected chi connectivity index (χ3v) is 4.49. The van der Waals surface area contributed by atoms with Gasteiger partial charge in [0.05, 0.1) is 11.6 Å². The first-order valence-electron chi connectivity index (χ1n) is 8.22. The van der Waals surface area contributed by atoms with Gasteiger partial charge in [-0.2, -0.15) is 5.26 Å². The van der Waals surface area contributed by atoms with Gasteiger partial charge < -0.3 is 9.47 Å². The molecule has 0 spiro atoms. The first-order valence-corrected chi connectivity index (χ1v) is 8.75. The summed E-state index contributed by atoms with van der Waals surface area (Å²) in [5, 5.41) is 9.17. The van der Waals surface area contributed by atoms with Crippen molar-refractivity contribution >= 4 is 11.6 Å². The van der Waals surface area contributed by atoms with Crippen LogP contribution in [0.25, 0.3) is 0 Å². The van der Waals surface area contributed by atoms with Gasteiger partial charge in [0.2, 0.25) is 0 Å². The van der Waals surface area contributed by atoms with Crippen LogP contribution in [0.15, 0.2) is 48.5 Å². The highest BCUT2D eigenvalue weighted by Crippen LogP contribution is 2.31. The summed E-state index contributed by atoms with van der Waals surface area (Å²) in [5.74, 6) is 0.488. The maximum absolute atomic E-state index is 9.17. The highest BCUT2D eigenvalue weighted by molar-refractivity contribution is 6.17. The van der Waals surface area contributed by atoms with E-state index in [-0.39, 0.29) is 12.4 Å². The standard InChI is InChI=1S/C20H20ClNO2/c21-13-15-7-9-17(10-8-15)20(24-19-6-1-2-11-23-19)18-5-3-4-16(12-18)14-22/h3-5,7-10,12,19-20H,1-2,6,11,13H2/t19?,20-/m0/s1. The van der Waals surface area contributed by atoms with Crippen molar-refractivity contribution in [2.75, 3.05) is 6.61 Å². The van der Waals surface area contributed by atoms with Gasteiger partial charge in [-0.15, -0.1) is 11.6 Å². The zero-order valence-corrected chi connectivity index (χ0v) is 14.2. The number of nitrogens with zero attached hydrogens (tertiary/aromatic N) is 1. The van der Waals surface area contributed by atoms with Gasteiger partial charge in [0.25, 0.3) is 0 Å². The van der Waals surface area contributed by atoms with Gasteiger partial charge in [-0.25, -0.2) is 0 Å². The third kappa shape index (κ3) is 4.15. The molecule has 0 bridgehead atoms. The topological polar surface area (TPSA) is 42.2 Å². The minimum atomic E-state index is -0.259. The van der Waals surface area contributed by atoms with Gasteiger partial charge in [0.15, 0.2) is 6.29 Å². The average molecular weight is 342 g/mol. The molecule has 0 amide bonds. The Kier molecular flexibility index (Phi) is 5.87. The van der Waals surface area contributed by atoms with Crippen molar-refractivity contribution in [1.29, 1.82) is 5.26 Å². The molecule has 0 N–H and O–H groups in total. The second kappa shape index (κ2) is 8.30. The largest absolute Gasteiger partial charge is 0.353 e. The molecule has 2 aromatic carbocycles. The van der Waals surface area contributed by atoms with Crippen molar-refractivity contribution in [3.63, 3.8) is 0 Å². The van der Waals surface area contributed by atoms with Crippen LogP contribution in [0.2, 0.25) is 0 Å². The van der Waals surface area contributed by atoms with Crippen LogP contribution in [-0.2, 0) is 15.4 Å². The van der Waals surface area contributed by atoms with E-state index in [2.05, 4.69) is 6.07 Å². The molecular weight excluding hydrogens is 322 g/mol. The molecule has 1 unspecified atom stereocenters. The van der Waals surface area contributed by atoms with Gasteiger partial charge in [0.1, 0.15) is 6.10 Å². The number of nitriles is 1. The Labute approximate surface area is 147 Å². The molecule has 1 aliphatic heterocycles. The molecule has 3 nitrogen and oxygen atoms in total. The first kappa shape index (κ1) is 17.0. The van der Waals surface area contributed by atoms with E-state index in [1.54, 1.807) is 6.07 Å². The fourth-order valence-electron chi connectivity index (χ4n) is 2.87. The maximum atomic E-state index is 9.17. The molecule has 3 rings (SSSR count). The van der Waals surface area contributed by atoms with E-state index >= 15 is 0 Å². The van der Waals surface area contributed by atoms with E-state index in [0.29, 0.717) is 11.4 Å². The SMILES string of the molecule is N#Cc1cccc([C@@H](OC2CCCCO2)c2ccc(CCl)cc2)c1. The number of benzene rings is 2. The molecule has 1 saturated heterocycles. The number of hydrogen-bond acceptors (Lipinski definition) is 3. The highest BCUT2D eigenvalue weighted by Gasteiger charge is 2.23. The molecule has 124 valence electrons. The van der Waals surface area contributed by atoms with Crippen molar-refractivity contribution < 1.29 is 9.47 Å². The summed E-state index contributed by atoms with van der Waals surface area (Å²) in [6.07, 6.45) is 2.63. The van der Waals surface area contributed by atoms with Crippen LogP contribution in [0, 0.1) is 11.3 Å². The molecule has 1 heterocycles. The van der Waals surface area contributed by atoms with E-state index < -0.39 is 0 Å². The normalized spacial score (nSPS) is 18.8. The summed E-state index contributed by atoms with van der Waals surface area (Å²) < 4.78 is 12.0. The minimum Gasteiger partial charge on any atom is -0.353 e. The summed E-state index contributed by atoms with van der Waals surface area (Å²) >= 11 is 5.88. The van der Waals surface area contributed by atoms with Crippen molar-refractivity contribution in [3.8, 4) is 6.07 Å². The average Bonchev–Trinajstić information content (AvgIpc) is 2.67. The van der Waals surface area contributed by atoms with Crippen molar-refractivity contribution in [1.82, 2.24) is 0 Å². The summed E-state index contributed by atoms with van der Waals surface area (Å²) in [4.78, 5) is 0. The Morgan fingerprint density at radius 1 is 1.17 bits per heavy atom. The molecule has 0 aliphatic carbocycles. The molecule has 0 aromatic heterocycles. The van der Waals surface area contributed by atoms with E-state index in [1.165, 1.54) is 0 Å². The van der Waals surface area contributed by atoms with Crippen LogP contribution < -0.4 is 0 Å². The second-order valence-corrected chi connectivity index (χ2v) is 6.19. The van der Waals surface area contributed by atoms with Crippen LogP contribution in [0.4, 0.5) is 0 Å². The Balaban J connectivity index is 1.90. The van der Waals surface area contributed by atoms with Crippen LogP contribution in [0.5, 0.6) is 0 Å². The fourth-order valence-corrected chi connectivity index (χ4v) is 3.05. The zero-order valence-electron chi connectivity index (χ0n) is 13.5. The molecule has 0 radical (unpaired) electrons. The number of halogens is 1. The Morgan fingerprint density at radius 2 is 2.00 bits per heavy atom. The van der Waals surface area contributed by atoms with E-state index in [4.69, 9.17) is 21.1 Å². The number of ether oxygens (including phenoxy) is 2. The predicted molar refractivity (Wildman–Crippen MR) is 93.7 cm³/mol. The number of rotatable bonds is 5. The minimum absolute atomic E-state index is 0.206. The molecule has 1 fully saturated rings. The predicted octanol–water partition coefficient (Wildman–Crippen LogP) is 4.93. The molecule has 0 saturated carbocycles. The quantitative estimate of drug-likeness (QED) is 0.724. The molecular formula is C20H20ClNO2. The maximum Gasteiger partial charge on any atom is 0.158 e. The summed E-state index contributed by atoms with van der Waals surface area (Å²) in [6.45, 7) is 0.737. The molecule has 2 atom stereocenters. The van der Waals surface area contributed by atoms with Crippen LogP contribution in [0.1, 0.15) is 47.6 Å². The second-order valence-electron chi connectivity index (χ2n) is 5.92. The smallest absolute Gasteiger partial charge is 0.158 e. The van der Waals surface area contributed by atoms with Gasteiger partial charge in [0, 0.05) is 12.5 Å². The third-order valence-electron chi connectivity index (χ3n) is 4.18. The lowest BCUT2D eigenvalue weighted by Crippen LogP contribution is -2.25. The Hall–Kier alpha value is -1.86. The molecule has 1 aliphatic rings. The summed E-state index contributed by atoms with van der Waals surface area (Å²) in [7, 11) is 0. The van der Waals surface area contributed by atoms with Gasteiger partial charge >= 0.3 is 0 Å². The Bertz CT molecular complexity index is 702. The van der Waals surface area contributed by atoms with Gasteiger partial charge in [-0.1, -0.05) is 36.4 Å². The van der Waals surface area contributed by atoms with Crippen molar-refractivity contribution in [2.24, 2.45) is 0 Å². The molecule has 2 aromatic rings. The van der Waals surface area contributed by atoms with Crippen LogP contribution in [-0.4, -0.2) is 12.9 Å². The lowest BCUT2D eigenvalue weighted by molar-refractivity contribution is -0.181. The van der Waals surface area contributed by atoms with Crippen LogP contribution in [0.3, 0.4) is 0 Å². The lowest BCUT2D eigenvalue weighted by Gasteiger charge is -2.28. The lowest BCUT2D eigenvalue weighted by atomic mass is 9.98. The Morgan fingerprint density at radius 3 is 2.67 bits per heavy atom. The van der Waals surface area contributed by atoms with Gasteiger partial charge in [-0.3, -0.25) is 0 Å². The monoisotopic (exact) mass is 341 g/mol. The van der Waals surface area contributed by atoms with E-state index in [1.807, 2.05) is 42.5 Å². The van der Waals surface area contributed by atoms with E-state index in [0.717, 1.165) is 42.6 Å². The van der Waals surface area contributed by atoms with Crippen molar-refractivity contribution in [3.05, 3.63) is 70.8 Å². The van der Waals surface area contributed by atoms with Crippen molar-refractivity contribution in [2.45, 2.75) is 37.5 Å². The zero-order chi connectivity index (χ0) is 16.8. The first-order chi connectivity index (χ1) is 11.8. The summed E-state index contributed by atoms with van der Waals surface area (Å²) in [6, 6.07) is 17.8. The number of alkyl halides is 1. The number of hydrogen-bond donors (Lipinski definition) is 0. The van der Waals surface area contributed by atoms with Crippen LogP contribution >= 0.6 is 11.6 Å². The molecule has 24 heavy (non-hydrogen) atoms. The molecule has 4 heteroatoms. The van der Waals surface area contributed by atoms with E-state index in [9.17, 15) is 5.26 Å². The highest BCUT2D eigenvalue weighted by atomic mass is 35.5.